The van der Waals surface area contributed by atoms with Gasteiger partial charge >= 0.3 is 12.3 Å². The number of carbonyl (C=O) groups excluding carboxylic acids is 1. The SMILES string of the molecule is NCCc1ccc(C(=O)NCC(F)(F)C(F)F)cc1. The standard InChI is InChI=1S/C12H14F4N2O/c13-11(14)12(15,16)7-18-10(19)9-3-1-8(2-4-9)5-6-17/h1-4,11H,5-7,17H2,(H,18,19). The number of nitrogens with two attached hydrogens (primary N) is 1. The number of nitrogens with one attached hydrogen (secondary N) is 1. The summed E-state index contributed by atoms with van der Waals surface area (Å²) in [5, 5.41) is 1.78. The Hall–Kier alpha value is -1.63. The highest BCUT2D eigenvalue weighted by Crippen LogP contribution is 2.21. The first-order valence-corrected chi connectivity index (χ1v) is 5.60. The Balaban J connectivity index is 2.59. The van der Waals surface area contributed by atoms with Crippen molar-refractivity contribution in [2.24, 2.45) is 5.73 Å². The van der Waals surface area contributed by atoms with E-state index in [9.17, 15) is 22.4 Å². The molecule has 0 atom stereocenters. The van der Waals surface area contributed by atoms with Gasteiger partial charge in [-0.2, -0.15) is 8.78 Å². The molecule has 0 aliphatic heterocycles. The number of halogens is 4. The van der Waals surface area contributed by atoms with Gasteiger partial charge in [-0.25, -0.2) is 8.78 Å². The van der Waals surface area contributed by atoms with Crippen LogP contribution in [0.2, 0.25) is 0 Å². The normalized spacial score (nSPS) is 11.7. The molecule has 0 saturated carbocycles. The molecule has 106 valence electrons. The van der Waals surface area contributed by atoms with Gasteiger partial charge in [-0.1, -0.05) is 12.1 Å². The lowest BCUT2D eigenvalue weighted by molar-refractivity contribution is -0.123. The van der Waals surface area contributed by atoms with Crippen molar-refractivity contribution in [1.29, 1.82) is 0 Å². The second kappa shape index (κ2) is 6.51. The largest absolute Gasteiger partial charge is 0.346 e. The molecule has 3 nitrogen and oxygen atoms in total. The van der Waals surface area contributed by atoms with Crippen molar-refractivity contribution in [1.82, 2.24) is 5.32 Å². The molecule has 0 aliphatic rings. The first-order valence-electron chi connectivity index (χ1n) is 5.60. The third-order valence-corrected chi connectivity index (χ3v) is 2.45. The van der Waals surface area contributed by atoms with Crippen LogP contribution in [0.3, 0.4) is 0 Å². The van der Waals surface area contributed by atoms with Gasteiger partial charge in [0.2, 0.25) is 0 Å². The zero-order chi connectivity index (χ0) is 14.5. The van der Waals surface area contributed by atoms with Crippen molar-refractivity contribution in [3.05, 3.63) is 35.4 Å². The van der Waals surface area contributed by atoms with E-state index in [1.165, 1.54) is 12.1 Å². The van der Waals surface area contributed by atoms with E-state index < -0.39 is 24.8 Å². The van der Waals surface area contributed by atoms with Crippen LogP contribution in [0.15, 0.2) is 24.3 Å². The second-order valence-electron chi connectivity index (χ2n) is 3.98. The van der Waals surface area contributed by atoms with Crippen molar-refractivity contribution in [3.63, 3.8) is 0 Å². The molecule has 0 heterocycles. The number of rotatable bonds is 6. The summed E-state index contributed by atoms with van der Waals surface area (Å²) < 4.78 is 49.0. The Labute approximate surface area is 107 Å². The number of carbonyl (C=O) groups is 1. The minimum absolute atomic E-state index is 0.130. The van der Waals surface area contributed by atoms with Crippen LogP contribution in [0.25, 0.3) is 0 Å². The van der Waals surface area contributed by atoms with Gasteiger partial charge in [-0.15, -0.1) is 0 Å². The van der Waals surface area contributed by atoms with Gasteiger partial charge in [0.15, 0.2) is 0 Å². The lowest BCUT2D eigenvalue weighted by Gasteiger charge is -2.15. The number of hydrogen-bond donors (Lipinski definition) is 2. The minimum atomic E-state index is -4.23. The lowest BCUT2D eigenvalue weighted by atomic mass is 10.1. The van der Waals surface area contributed by atoms with E-state index in [1.54, 1.807) is 17.4 Å². The summed E-state index contributed by atoms with van der Waals surface area (Å²) in [4.78, 5) is 11.5. The number of hydrogen-bond acceptors (Lipinski definition) is 2. The maximum absolute atomic E-state index is 12.6. The lowest BCUT2D eigenvalue weighted by Crippen LogP contribution is -2.41. The van der Waals surface area contributed by atoms with Crippen LogP contribution in [0.1, 0.15) is 15.9 Å². The molecule has 0 aliphatic carbocycles. The van der Waals surface area contributed by atoms with Gasteiger partial charge in [0.05, 0.1) is 6.54 Å². The molecule has 1 aromatic rings. The zero-order valence-electron chi connectivity index (χ0n) is 10.0. The Morgan fingerprint density at radius 2 is 1.84 bits per heavy atom. The quantitative estimate of drug-likeness (QED) is 0.780. The molecular formula is C12H14F4N2O. The van der Waals surface area contributed by atoms with E-state index >= 15 is 0 Å². The van der Waals surface area contributed by atoms with E-state index in [2.05, 4.69) is 0 Å². The summed E-state index contributed by atoms with van der Waals surface area (Å²) >= 11 is 0. The second-order valence-corrected chi connectivity index (χ2v) is 3.98. The number of amides is 1. The molecule has 0 fully saturated rings. The van der Waals surface area contributed by atoms with Crippen LogP contribution in [-0.2, 0) is 6.42 Å². The predicted molar refractivity (Wildman–Crippen MR) is 62.5 cm³/mol. The third-order valence-electron chi connectivity index (χ3n) is 2.45. The van der Waals surface area contributed by atoms with E-state index in [1.807, 2.05) is 0 Å². The summed E-state index contributed by atoms with van der Waals surface area (Å²) in [6, 6.07) is 6.13. The number of benzene rings is 1. The van der Waals surface area contributed by atoms with Crippen molar-refractivity contribution in [3.8, 4) is 0 Å². The van der Waals surface area contributed by atoms with Crippen LogP contribution in [0.5, 0.6) is 0 Å². The average Bonchev–Trinajstić information content (AvgIpc) is 2.37. The molecule has 19 heavy (non-hydrogen) atoms. The summed E-state index contributed by atoms with van der Waals surface area (Å²) in [7, 11) is 0. The topological polar surface area (TPSA) is 55.1 Å². The molecule has 3 N–H and O–H groups in total. The minimum Gasteiger partial charge on any atom is -0.346 e. The van der Waals surface area contributed by atoms with Gasteiger partial charge in [-0.05, 0) is 30.7 Å². The molecule has 0 aromatic heterocycles. The Morgan fingerprint density at radius 3 is 2.32 bits per heavy atom. The van der Waals surface area contributed by atoms with Gasteiger partial charge < -0.3 is 11.1 Å². The number of alkyl halides is 4. The van der Waals surface area contributed by atoms with Crippen LogP contribution in [0, 0.1) is 0 Å². The van der Waals surface area contributed by atoms with Crippen molar-refractivity contribution in [2.75, 3.05) is 13.1 Å². The predicted octanol–water partition coefficient (Wildman–Crippen LogP) is 1.82. The maximum Gasteiger partial charge on any atom is 0.324 e. The van der Waals surface area contributed by atoms with Crippen LogP contribution in [-0.4, -0.2) is 31.3 Å². The summed E-state index contributed by atoms with van der Waals surface area (Å²) in [5.41, 5.74) is 6.38. The van der Waals surface area contributed by atoms with Gasteiger partial charge in [0, 0.05) is 5.56 Å². The zero-order valence-corrected chi connectivity index (χ0v) is 10.0. The Bertz CT molecular complexity index is 420. The van der Waals surface area contributed by atoms with Crippen LogP contribution in [0.4, 0.5) is 17.6 Å². The summed E-state index contributed by atoms with van der Waals surface area (Å²) in [5.74, 6) is -5.05. The van der Waals surface area contributed by atoms with E-state index in [0.717, 1.165) is 5.56 Å². The van der Waals surface area contributed by atoms with Crippen LogP contribution < -0.4 is 11.1 Å². The Kier molecular flexibility index (Phi) is 5.29. The smallest absolute Gasteiger partial charge is 0.324 e. The fourth-order valence-electron chi connectivity index (χ4n) is 1.37. The highest BCUT2D eigenvalue weighted by molar-refractivity contribution is 5.94. The fraction of sp³-hybridized carbons (Fsp3) is 0.417. The van der Waals surface area contributed by atoms with E-state index in [-0.39, 0.29) is 5.56 Å². The molecule has 0 unspecified atom stereocenters. The molecule has 1 aromatic carbocycles. The van der Waals surface area contributed by atoms with E-state index in [4.69, 9.17) is 5.73 Å². The molecule has 0 radical (unpaired) electrons. The van der Waals surface area contributed by atoms with Crippen molar-refractivity contribution in [2.45, 2.75) is 18.8 Å². The average molecular weight is 278 g/mol. The van der Waals surface area contributed by atoms with Crippen molar-refractivity contribution < 1.29 is 22.4 Å². The highest BCUT2D eigenvalue weighted by atomic mass is 19.3. The highest BCUT2D eigenvalue weighted by Gasteiger charge is 2.40. The van der Waals surface area contributed by atoms with Gasteiger partial charge in [0.1, 0.15) is 0 Å². The van der Waals surface area contributed by atoms with E-state index in [0.29, 0.717) is 13.0 Å². The summed E-state index contributed by atoms with van der Waals surface area (Å²) in [6.07, 6.45) is -3.18. The molecule has 0 bridgehead atoms. The monoisotopic (exact) mass is 278 g/mol. The maximum atomic E-state index is 12.6. The molecule has 7 heteroatoms. The molecule has 1 amide bonds. The molecule has 0 saturated heterocycles. The first kappa shape index (κ1) is 15.4. The van der Waals surface area contributed by atoms with Gasteiger partial charge in [-0.3, -0.25) is 4.79 Å². The Morgan fingerprint density at radius 1 is 1.26 bits per heavy atom. The molecule has 1 rings (SSSR count). The van der Waals surface area contributed by atoms with Crippen molar-refractivity contribution >= 4 is 5.91 Å². The first-order chi connectivity index (χ1) is 8.86. The van der Waals surface area contributed by atoms with Crippen LogP contribution >= 0.6 is 0 Å². The third kappa shape index (κ3) is 4.51. The molecular weight excluding hydrogens is 264 g/mol. The van der Waals surface area contributed by atoms with Gasteiger partial charge in [0.25, 0.3) is 5.91 Å². The molecule has 0 spiro atoms. The fourth-order valence-corrected chi connectivity index (χ4v) is 1.37. The summed E-state index contributed by atoms with van der Waals surface area (Å²) in [6.45, 7) is -0.944.